The van der Waals surface area contributed by atoms with Crippen LogP contribution in [0.4, 0.5) is 0 Å². The molecule has 0 N–H and O–H groups in total. The van der Waals surface area contributed by atoms with Crippen molar-refractivity contribution in [3.05, 3.63) is 0 Å². The summed E-state index contributed by atoms with van der Waals surface area (Å²) in [5.41, 5.74) is 0.519. The van der Waals surface area contributed by atoms with Crippen molar-refractivity contribution in [1.82, 2.24) is 4.90 Å². The molecule has 0 bridgehead atoms. The quantitative estimate of drug-likeness (QED) is 0.493. The Bertz CT molecular complexity index is 157. The highest BCUT2D eigenvalue weighted by atomic mass is 28.1. The monoisotopic (exact) mass is 231 g/mol. The lowest BCUT2D eigenvalue weighted by Crippen LogP contribution is -2.48. The Morgan fingerprint density at radius 2 is 1.60 bits per heavy atom. The van der Waals surface area contributed by atoms with Crippen LogP contribution in [0.3, 0.4) is 0 Å². The number of hydrogen-bond donors (Lipinski definition) is 0. The van der Waals surface area contributed by atoms with Gasteiger partial charge in [-0.25, -0.2) is 0 Å². The Morgan fingerprint density at radius 1 is 1.07 bits per heavy atom. The molecule has 0 aromatic rings. The second-order valence-electron chi connectivity index (χ2n) is 4.12. The van der Waals surface area contributed by atoms with Gasteiger partial charge in [0, 0.05) is 29.1 Å². The van der Waals surface area contributed by atoms with Gasteiger partial charge in [-0.3, -0.25) is 4.90 Å². The lowest BCUT2D eigenvalue weighted by atomic mass is 10.1. The van der Waals surface area contributed by atoms with E-state index in [-0.39, 0.29) is 6.29 Å². The van der Waals surface area contributed by atoms with Gasteiger partial charge in [0.2, 0.25) is 0 Å². The van der Waals surface area contributed by atoms with Crippen LogP contribution in [0.15, 0.2) is 0 Å². The van der Waals surface area contributed by atoms with E-state index in [1.807, 2.05) is 13.8 Å². The van der Waals surface area contributed by atoms with Gasteiger partial charge in [-0.1, -0.05) is 6.42 Å². The third-order valence-electron chi connectivity index (χ3n) is 3.02. The number of ether oxygens (including phenoxy) is 2. The Kier molecular flexibility index (Phi) is 6.48. The lowest BCUT2D eigenvalue weighted by molar-refractivity contribution is -0.158. The van der Waals surface area contributed by atoms with Crippen molar-refractivity contribution < 1.29 is 9.47 Å². The topological polar surface area (TPSA) is 21.7 Å². The molecule has 1 saturated heterocycles. The van der Waals surface area contributed by atoms with Crippen LogP contribution in [0.25, 0.3) is 0 Å². The number of hydrogen-bond acceptors (Lipinski definition) is 3. The van der Waals surface area contributed by atoms with Gasteiger partial charge in [0.25, 0.3) is 0 Å². The largest absolute Gasteiger partial charge is 0.352 e. The maximum Gasteiger partial charge on any atom is 0.169 e. The summed E-state index contributed by atoms with van der Waals surface area (Å²) in [4.78, 5) is 2.55. The molecule has 1 rings (SSSR count). The first-order valence-corrected chi connectivity index (χ1v) is 7.42. The van der Waals surface area contributed by atoms with E-state index in [9.17, 15) is 0 Å². The summed E-state index contributed by atoms with van der Waals surface area (Å²) in [6.45, 7) is 8.02. The second-order valence-corrected chi connectivity index (χ2v) is 5.30. The molecule has 0 aromatic heterocycles. The van der Waals surface area contributed by atoms with Crippen molar-refractivity contribution in [2.24, 2.45) is 0 Å². The van der Waals surface area contributed by atoms with Gasteiger partial charge in [-0.05, 0) is 39.8 Å². The molecule has 90 valence electrons. The highest BCUT2D eigenvalue weighted by molar-refractivity contribution is 6.12. The maximum atomic E-state index is 5.67. The molecule has 0 aromatic carbocycles. The summed E-state index contributed by atoms with van der Waals surface area (Å²) < 4.78 is 11.3. The maximum absolute atomic E-state index is 5.67. The minimum absolute atomic E-state index is 0.00441. The summed E-state index contributed by atoms with van der Waals surface area (Å²) >= 11 is 0. The van der Waals surface area contributed by atoms with Crippen LogP contribution in [0.5, 0.6) is 0 Å². The fraction of sp³-hybridized carbons (Fsp3) is 1.00. The van der Waals surface area contributed by atoms with Crippen molar-refractivity contribution in [3.8, 4) is 0 Å². The van der Waals surface area contributed by atoms with Crippen LogP contribution >= 0.6 is 0 Å². The van der Waals surface area contributed by atoms with Gasteiger partial charge in [-0.15, -0.1) is 0 Å². The minimum atomic E-state index is 0.00441. The van der Waals surface area contributed by atoms with E-state index in [0.717, 1.165) is 23.5 Å². The zero-order chi connectivity index (χ0) is 11.1. The molecule has 1 unspecified atom stereocenters. The average molecular weight is 231 g/mol. The number of piperidine rings is 1. The van der Waals surface area contributed by atoms with E-state index in [1.54, 1.807) is 0 Å². The van der Waals surface area contributed by atoms with Crippen LogP contribution in [0.1, 0.15) is 33.1 Å². The molecular formula is C11H25NO2Si. The normalized spacial score (nSPS) is 21.0. The fourth-order valence-electron chi connectivity index (χ4n) is 2.15. The second kappa shape index (κ2) is 7.38. The first-order chi connectivity index (χ1) is 7.29. The molecular weight excluding hydrogens is 206 g/mol. The van der Waals surface area contributed by atoms with Crippen LogP contribution in [0, 0.1) is 0 Å². The van der Waals surface area contributed by atoms with Crippen LogP contribution in [-0.2, 0) is 9.47 Å². The predicted molar refractivity (Wildman–Crippen MR) is 66.2 cm³/mol. The molecule has 1 aliphatic rings. The summed E-state index contributed by atoms with van der Waals surface area (Å²) in [6.07, 6.45) is 4.07. The van der Waals surface area contributed by atoms with E-state index in [4.69, 9.17) is 9.47 Å². The van der Waals surface area contributed by atoms with Gasteiger partial charge in [0.1, 0.15) is 0 Å². The van der Waals surface area contributed by atoms with Gasteiger partial charge >= 0.3 is 0 Å². The number of likely N-dealkylation sites (tertiary alicyclic amines) is 1. The summed E-state index contributed by atoms with van der Waals surface area (Å²) in [5, 5.41) is 0. The smallest absolute Gasteiger partial charge is 0.169 e. The molecule has 1 aliphatic heterocycles. The first-order valence-electron chi connectivity index (χ1n) is 6.26. The highest BCUT2D eigenvalue weighted by Gasteiger charge is 2.25. The van der Waals surface area contributed by atoms with Gasteiger partial charge in [0.05, 0.1) is 0 Å². The lowest BCUT2D eigenvalue weighted by Gasteiger charge is -2.36. The van der Waals surface area contributed by atoms with E-state index in [1.165, 1.54) is 32.4 Å². The molecule has 4 heteroatoms. The number of nitrogens with zero attached hydrogens (tertiary/aromatic N) is 1. The fourth-order valence-corrected chi connectivity index (χ4v) is 3.05. The Hall–Kier alpha value is 0.0969. The molecule has 1 fully saturated rings. The molecule has 0 aliphatic carbocycles. The summed E-state index contributed by atoms with van der Waals surface area (Å²) in [6, 6.07) is 0. The molecule has 1 atom stereocenters. The molecule has 0 saturated carbocycles. The van der Waals surface area contributed by atoms with Crippen molar-refractivity contribution >= 4 is 10.2 Å². The molecule has 0 radical (unpaired) electrons. The van der Waals surface area contributed by atoms with E-state index >= 15 is 0 Å². The zero-order valence-corrected chi connectivity index (χ0v) is 12.4. The number of rotatable bonds is 6. The average Bonchev–Trinajstić information content (AvgIpc) is 2.29. The third-order valence-corrected chi connectivity index (χ3v) is 4.30. The van der Waals surface area contributed by atoms with Crippen molar-refractivity contribution in [2.45, 2.75) is 45.1 Å². The zero-order valence-electron chi connectivity index (χ0n) is 10.4. The Morgan fingerprint density at radius 3 is 2.07 bits per heavy atom. The molecule has 3 nitrogen and oxygen atoms in total. The van der Waals surface area contributed by atoms with Crippen LogP contribution < -0.4 is 0 Å². The van der Waals surface area contributed by atoms with Gasteiger partial charge in [0.15, 0.2) is 6.29 Å². The van der Waals surface area contributed by atoms with Gasteiger partial charge < -0.3 is 9.47 Å². The van der Waals surface area contributed by atoms with Gasteiger partial charge in [-0.2, -0.15) is 0 Å². The van der Waals surface area contributed by atoms with Crippen molar-refractivity contribution in [3.63, 3.8) is 0 Å². The van der Waals surface area contributed by atoms with E-state index in [0.29, 0.717) is 5.67 Å². The van der Waals surface area contributed by atoms with Crippen LogP contribution in [-0.4, -0.2) is 53.4 Å². The minimum Gasteiger partial charge on any atom is -0.352 e. The third kappa shape index (κ3) is 4.22. The molecule has 1 heterocycles. The molecule has 0 spiro atoms. The summed E-state index contributed by atoms with van der Waals surface area (Å²) in [5.74, 6) is 0. The van der Waals surface area contributed by atoms with Crippen molar-refractivity contribution in [1.29, 1.82) is 0 Å². The van der Waals surface area contributed by atoms with E-state index < -0.39 is 0 Å². The SMILES string of the molecule is CCOC(OCC)C([SiH3])N1CCCCC1. The molecule has 0 amide bonds. The standard InChI is InChI=1S/C11H25NO2Si/c1-3-13-11(14-4-2)10(15)12-8-6-5-7-9-12/h10-11H,3-9H2,1-2,15H3. The Balaban J connectivity index is 2.41. The van der Waals surface area contributed by atoms with E-state index in [2.05, 4.69) is 4.90 Å². The molecule has 15 heavy (non-hydrogen) atoms. The highest BCUT2D eigenvalue weighted by Crippen LogP contribution is 2.14. The predicted octanol–water partition coefficient (Wildman–Crippen LogP) is 0.563. The van der Waals surface area contributed by atoms with Crippen molar-refractivity contribution in [2.75, 3.05) is 26.3 Å². The Labute approximate surface area is 96.5 Å². The van der Waals surface area contributed by atoms with Crippen LogP contribution in [0.2, 0.25) is 0 Å². The first kappa shape index (κ1) is 13.2. The summed E-state index contributed by atoms with van der Waals surface area (Å²) in [7, 11) is 1.12.